The number of hydrogen-bond acceptors (Lipinski definition) is 3. The Bertz CT molecular complexity index is 1270. The summed E-state index contributed by atoms with van der Waals surface area (Å²) in [5.41, 5.74) is 3.81. The molecule has 4 heteroatoms. The third-order valence-corrected chi connectivity index (χ3v) is 6.21. The summed E-state index contributed by atoms with van der Waals surface area (Å²) < 4.78 is 6.28. The van der Waals surface area contributed by atoms with Gasteiger partial charge in [-0.1, -0.05) is 42.5 Å². The van der Waals surface area contributed by atoms with Gasteiger partial charge in [0, 0.05) is 37.5 Å². The van der Waals surface area contributed by atoms with Gasteiger partial charge < -0.3 is 9.64 Å². The van der Waals surface area contributed by atoms with E-state index in [-0.39, 0.29) is 12.0 Å². The smallest absolute Gasteiger partial charge is 0.256 e. The van der Waals surface area contributed by atoms with E-state index in [1.54, 1.807) is 6.20 Å². The topological polar surface area (TPSA) is 42.4 Å². The average molecular weight is 411 g/mol. The molecular weight excluding hydrogens is 384 g/mol. The molecule has 3 aromatic carbocycles. The van der Waals surface area contributed by atoms with Crippen LogP contribution in [0.4, 0.5) is 0 Å². The van der Waals surface area contributed by atoms with Gasteiger partial charge in [0.05, 0.1) is 11.1 Å². The van der Waals surface area contributed by atoms with Gasteiger partial charge in [-0.2, -0.15) is 0 Å². The minimum atomic E-state index is 0.0552. The number of piperidine rings is 1. The fourth-order valence-corrected chi connectivity index (χ4v) is 4.45. The third kappa shape index (κ3) is 3.74. The number of rotatable bonds is 3. The Kier molecular flexibility index (Phi) is 5.06. The Hall–Kier alpha value is -3.40. The number of aromatic nitrogens is 1. The molecule has 0 aliphatic carbocycles. The van der Waals surface area contributed by atoms with Gasteiger partial charge in [-0.05, 0) is 53.9 Å². The maximum Gasteiger partial charge on any atom is 0.256 e. The molecule has 0 atom stereocenters. The zero-order valence-corrected chi connectivity index (χ0v) is 18.0. The van der Waals surface area contributed by atoms with E-state index >= 15 is 0 Å². The lowest BCUT2D eigenvalue weighted by Crippen LogP contribution is -2.42. The van der Waals surface area contributed by atoms with Crippen molar-refractivity contribution in [2.24, 2.45) is 0 Å². The molecular formula is C27H26N2O2. The van der Waals surface area contributed by atoms with Crippen LogP contribution < -0.4 is 4.74 Å². The van der Waals surface area contributed by atoms with Crippen LogP contribution in [0.15, 0.2) is 66.9 Å². The second kappa shape index (κ2) is 8.03. The minimum Gasteiger partial charge on any atom is -0.490 e. The van der Waals surface area contributed by atoms with Crippen LogP contribution in [-0.4, -0.2) is 35.0 Å². The molecule has 0 saturated carbocycles. The molecule has 0 bridgehead atoms. The summed E-state index contributed by atoms with van der Waals surface area (Å²) in [4.78, 5) is 20.0. The average Bonchev–Trinajstić information content (AvgIpc) is 2.81. The maximum atomic E-state index is 13.5. The Morgan fingerprint density at radius 3 is 2.58 bits per heavy atom. The van der Waals surface area contributed by atoms with Crippen molar-refractivity contribution in [1.29, 1.82) is 0 Å². The molecule has 156 valence electrons. The molecule has 0 radical (unpaired) electrons. The predicted octanol–water partition coefficient (Wildman–Crippen LogP) is 5.69. The lowest BCUT2D eigenvalue weighted by Gasteiger charge is -2.32. The molecule has 0 spiro atoms. The monoisotopic (exact) mass is 410 g/mol. The lowest BCUT2D eigenvalue weighted by atomic mass is 9.99. The fourth-order valence-electron chi connectivity index (χ4n) is 4.45. The summed E-state index contributed by atoms with van der Waals surface area (Å²) in [6, 6.07) is 20.4. The van der Waals surface area contributed by atoms with Crippen molar-refractivity contribution in [2.45, 2.75) is 32.8 Å². The second-order valence-corrected chi connectivity index (χ2v) is 8.42. The van der Waals surface area contributed by atoms with Crippen LogP contribution in [0.3, 0.4) is 0 Å². The molecule has 4 nitrogen and oxygen atoms in total. The van der Waals surface area contributed by atoms with E-state index in [9.17, 15) is 4.79 Å². The van der Waals surface area contributed by atoms with E-state index in [2.05, 4.69) is 49.2 Å². The van der Waals surface area contributed by atoms with Gasteiger partial charge in [-0.3, -0.25) is 9.78 Å². The molecule has 5 rings (SSSR count). The van der Waals surface area contributed by atoms with Crippen LogP contribution in [0.25, 0.3) is 21.7 Å². The van der Waals surface area contributed by atoms with Crippen LogP contribution >= 0.6 is 0 Å². The normalized spacial score (nSPS) is 14.8. The van der Waals surface area contributed by atoms with E-state index in [1.807, 2.05) is 35.2 Å². The standard InChI is InChI=1S/C27H26N2O2/c1-18-9-10-19(2)25(16-18)31-21-11-14-29(15-12-21)27(30)24-17-20-6-3-4-7-22(20)23-8-5-13-28-26(23)24/h3-10,13,16-17,21H,11-12,14-15H2,1-2H3. The fraction of sp³-hybridized carbons (Fsp3) is 0.259. The molecule has 1 aromatic heterocycles. The van der Waals surface area contributed by atoms with Crippen LogP contribution in [-0.2, 0) is 0 Å². The van der Waals surface area contributed by atoms with E-state index in [0.717, 1.165) is 45.8 Å². The number of hydrogen-bond donors (Lipinski definition) is 0. The van der Waals surface area contributed by atoms with Gasteiger partial charge >= 0.3 is 0 Å². The van der Waals surface area contributed by atoms with Crippen LogP contribution in [0.5, 0.6) is 5.75 Å². The molecule has 0 N–H and O–H groups in total. The third-order valence-electron chi connectivity index (χ3n) is 6.21. The SMILES string of the molecule is Cc1ccc(C)c(OC2CCN(C(=O)c3cc4ccccc4c4cccnc34)CC2)c1. The number of carbonyl (C=O) groups excluding carboxylic acids is 1. The number of fused-ring (bicyclic) bond motifs is 3. The Morgan fingerprint density at radius 2 is 1.74 bits per heavy atom. The number of nitrogens with zero attached hydrogens (tertiary/aromatic N) is 2. The molecule has 31 heavy (non-hydrogen) atoms. The summed E-state index contributed by atoms with van der Waals surface area (Å²) in [6.07, 6.45) is 3.56. The first-order valence-electron chi connectivity index (χ1n) is 10.9. The summed E-state index contributed by atoms with van der Waals surface area (Å²) in [7, 11) is 0. The molecule has 1 fully saturated rings. The highest BCUT2D eigenvalue weighted by atomic mass is 16.5. The van der Waals surface area contributed by atoms with Crippen LogP contribution in [0, 0.1) is 13.8 Å². The first kappa shape index (κ1) is 19.6. The quantitative estimate of drug-likeness (QED) is 0.408. The molecule has 1 amide bonds. The van der Waals surface area contributed by atoms with Crippen molar-refractivity contribution < 1.29 is 9.53 Å². The first-order valence-corrected chi connectivity index (χ1v) is 10.9. The van der Waals surface area contributed by atoms with Crippen molar-refractivity contribution in [2.75, 3.05) is 13.1 Å². The van der Waals surface area contributed by atoms with Crippen LogP contribution in [0.2, 0.25) is 0 Å². The van der Waals surface area contributed by atoms with Gasteiger partial charge in [-0.25, -0.2) is 0 Å². The Morgan fingerprint density at radius 1 is 0.968 bits per heavy atom. The highest BCUT2D eigenvalue weighted by molar-refractivity contribution is 6.15. The number of ether oxygens (including phenoxy) is 1. The first-order chi connectivity index (χ1) is 15.1. The van der Waals surface area contributed by atoms with Crippen molar-refractivity contribution in [1.82, 2.24) is 9.88 Å². The predicted molar refractivity (Wildman–Crippen MR) is 125 cm³/mol. The largest absolute Gasteiger partial charge is 0.490 e. The number of amides is 1. The molecule has 1 aliphatic rings. The molecule has 4 aromatic rings. The van der Waals surface area contributed by atoms with Gasteiger partial charge in [0.2, 0.25) is 0 Å². The van der Waals surface area contributed by atoms with E-state index < -0.39 is 0 Å². The zero-order valence-electron chi connectivity index (χ0n) is 18.0. The maximum absolute atomic E-state index is 13.5. The summed E-state index contributed by atoms with van der Waals surface area (Å²) in [5, 5.41) is 3.22. The van der Waals surface area contributed by atoms with Gasteiger partial charge in [0.1, 0.15) is 11.9 Å². The van der Waals surface area contributed by atoms with Crippen LogP contribution in [0.1, 0.15) is 34.3 Å². The Balaban J connectivity index is 1.37. The Labute approximate surface area is 182 Å². The van der Waals surface area contributed by atoms with Gasteiger partial charge in [0.15, 0.2) is 0 Å². The van der Waals surface area contributed by atoms with Crippen molar-refractivity contribution in [3.63, 3.8) is 0 Å². The number of benzene rings is 3. The van der Waals surface area contributed by atoms with Crippen molar-refractivity contribution >= 4 is 27.6 Å². The summed E-state index contributed by atoms with van der Waals surface area (Å²) >= 11 is 0. The number of pyridine rings is 1. The molecule has 0 unspecified atom stereocenters. The van der Waals surface area contributed by atoms with Gasteiger partial charge in [-0.15, -0.1) is 0 Å². The highest BCUT2D eigenvalue weighted by Gasteiger charge is 2.26. The summed E-state index contributed by atoms with van der Waals surface area (Å²) in [5.74, 6) is 1.01. The van der Waals surface area contributed by atoms with Crippen molar-refractivity contribution in [3.05, 3.63) is 83.6 Å². The summed E-state index contributed by atoms with van der Waals surface area (Å²) in [6.45, 7) is 5.53. The second-order valence-electron chi connectivity index (χ2n) is 8.42. The van der Waals surface area contributed by atoms with Crippen molar-refractivity contribution in [3.8, 4) is 5.75 Å². The molecule has 1 aliphatic heterocycles. The zero-order chi connectivity index (χ0) is 21.4. The number of carbonyl (C=O) groups is 1. The van der Waals surface area contributed by atoms with E-state index in [0.29, 0.717) is 18.7 Å². The number of likely N-dealkylation sites (tertiary alicyclic amines) is 1. The highest BCUT2D eigenvalue weighted by Crippen LogP contribution is 2.29. The molecule has 2 heterocycles. The van der Waals surface area contributed by atoms with E-state index in [4.69, 9.17) is 4.74 Å². The van der Waals surface area contributed by atoms with E-state index in [1.165, 1.54) is 5.56 Å². The minimum absolute atomic E-state index is 0.0552. The molecule has 1 saturated heterocycles. The number of aryl methyl sites for hydroxylation is 2. The van der Waals surface area contributed by atoms with Gasteiger partial charge in [0.25, 0.3) is 5.91 Å². The lowest BCUT2D eigenvalue weighted by molar-refractivity contribution is 0.0596.